The van der Waals surface area contributed by atoms with Crippen LogP contribution in [0.25, 0.3) is 0 Å². The first-order valence-electron chi connectivity index (χ1n) is 3.45. The topological polar surface area (TPSA) is 26.3 Å². The van der Waals surface area contributed by atoms with E-state index in [-0.39, 0.29) is 11.9 Å². The zero-order valence-electron chi connectivity index (χ0n) is 6.81. The van der Waals surface area contributed by atoms with Gasteiger partial charge in [0.15, 0.2) is 0 Å². The first-order valence-corrected chi connectivity index (χ1v) is 4.87. The molecule has 0 aromatic heterocycles. The monoisotopic (exact) mass is 158 g/mol. The summed E-state index contributed by atoms with van der Waals surface area (Å²) < 4.78 is 4.79. The molecule has 0 aliphatic heterocycles. The van der Waals surface area contributed by atoms with Crippen molar-refractivity contribution >= 4 is 16.2 Å². The quantitative estimate of drug-likeness (QED) is 0.330. The molecule has 0 saturated heterocycles. The SMILES string of the molecule is C=C(C(=O)OC[SiH3])C(C)C. The van der Waals surface area contributed by atoms with Gasteiger partial charge in [0.25, 0.3) is 0 Å². The normalized spacial score (nSPS) is 9.90. The van der Waals surface area contributed by atoms with Gasteiger partial charge in [0.2, 0.25) is 0 Å². The third kappa shape index (κ3) is 2.82. The predicted molar refractivity (Wildman–Crippen MR) is 44.9 cm³/mol. The summed E-state index contributed by atoms with van der Waals surface area (Å²) in [5.74, 6) is -0.0503. The highest BCUT2D eigenvalue weighted by Gasteiger charge is 2.10. The average molecular weight is 158 g/mol. The second-order valence-electron chi connectivity index (χ2n) is 2.40. The van der Waals surface area contributed by atoms with Crippen molar-refractivity contribution in [1.29, 1.82) is 0 Å². The summed E-state index contributed by atoms with van der Waals surface area (Å²) in [7, 11) is 0.894. The molecule has 58 valence electrons. The van der Waals surface area contributed by atoms with Gasteiger partial charge in [-0.3, -0.25) is 0 Å². The van der Waals surface area contributed by atoms with Gasteiger partial charge in [0, 0.05) is 5.57 Å². The number of rotatable bonds is 3. The summed E-state index contributed by atoms with van der Waals surface area (Å²) in [4.78, 5) is 10.9. The third-order valence-electron chi connectivity index (χ3n) is 1.23. The zero-order valence-corrected chi connectivity index (χ0v) is 8.81. The lowest BCUT2D eigenvalue weighted by molar-refractivity contribution is -0.137. The second-order valence-corrected chi connectivity index (χ2v) is 2.98. The molecule has 0 atom stereocenters. The van der Waals surface area contributed by atoms with E-state index in [0.29, 0.717) is 11.8 Å². The minimum atomic E-state index is -0.245. The maximum absolute atomic E-state index is 10.9. The van der Waals surface area contributed by atoms with Crippen LogP contribution in [0, 0.1) is 5.92 Å². The van der Waals surface area contributed by atoms with Crippen molar-refractivity contribution in [3.05, 3.63) is 12.2 Å². The molecule has 3 heteroatoms. The van der Waals surface area contributed by atoms with Crippen molar-refractivity contribution in [2.75, 3.05) is 6.23 Å². The molecule has 0 heterocycles. The van der Waals surface area contributed by atoms with Crippen molar-refractivity contribution in [1.82, 2.24) is 0 Å². The summed E-state index contributed by atoms with van der Waals surface area (Å²) in [6.45, 7) is 7.47. The van der Waals surface area contributed by atoms with Crippen LogP contribution in [0.3, 0.4) is 0 Å². The standard InChI is InChI=1S/C7H14O2Si/c1-5(2)6(3)7(8)9-4-10/h5H,3-4H2,1-2,10H3. The molecule has 2 nitrogen and oxygen atoms in total. The number of hydrogen-bond acceptors (Lipinski definition) is 2. The minimum Gasteiger partial charge on any atom is -0.467 e. The molecule has 0 amide bonds. The number of hydrogen-bond donors (Lipinski definition) is 0. The Morgan fingerprint density at radius 2 is 2.20 bits per heavy atom. The Morgan fingerprint density at radius 3 is 2.50 bits per heavy atom. The summed E-state index contributed by atoms with van der Waals surface area (Å²) in [6.07, 6.45) is 0.560. The third-order valence-corrected chi connectivity index (χ3v) is 1.52. The van der Waals surface area contributed by atoms with Gasteiger partial charge >= 0.3 is 5.97 Å². The van der Waals surface area contributed by atoms with Crippen molar-refractivity contribution in [3.8, 4) is 0 Å². The smallest absolute Gasteiger partial charge is 0.333 e. The van der Waals surface area contributed by atoms with Gasteiger partial charge in [-0.2, -0.15) is 0 Å². The van der Waals surface area contributed by atoms with E-state index in [0.717, 1.165) is 10.2 Å². The summed E-state index contributed by atoms with van der Waals surface area (Å²) in [5.41, 5.74) is 0.566. The van der Waals surface area contributed by atoms with Crippen molar-refractivity contribution in [2.45, 2.75) is 13.8 Å². The molecule has 0 spiro atoms. The van der Waals surface area contributed by atoms with E-state index < -0.39 is 0 Å². The Balaban J connectivity index is 3.83. The van der Waals surface area contributed by atoms with Crippen LogP contribution in [0.5, 0.6) is 0 Å². The average Bonchev–Trinajstić information content (AvgIpc) is 1.87. The molecule has 0 rings (SSSR count). The molecule has 0 aromatic carbocycles. The molecule has 10 heavy (non-hydrogen) atoms. The van der Waals surface area contributed by atoms with Crippen molar-refractivity contribution in [3.63, 3.8) is 0 Å². The van der Waals surface area contributed by atoms with E-state index in [1.54, 1.807) is 0 Å². The summed E-state index contributed by atoms with van der Waals surface area (Å²) in [6, 6.07) is 0. The zero-order chi connectivity index (χ0) is 8.15. The summed E-state index contributed by atoms with van der Waals surface area (Å²) >= 11 is 0. The highest BCUT2D eigenvalue weighted by molar-refractivity contribution is 6.09. The number of esters is 1. The van der Waals surface area contributed by atoms with Gasteiger partial charge in [-0.05, 0) is 5.92 Å². The van der Waals surface area contributed by atoms with Crippen LogP contribution in [0.1, 0.15) is 13.8 Å². The lowest BCUT2D eigenvalue weighted by Crippen LogP contribution is -2.11. The Hall–Kier alpha value is -0.573. The number of carbonyl (C=O) groups is 1. The Morgan fingerprint density at radius 1 is 1.70 bits per heavy atom. The van der Waals surface area contributed by atoms with Crippen LogP contribution < -0.4 is 0 Å². The second kappa shape index (κ2) is 4.28. The van der Waals surface area contributed by atoms with E-state index in [4.69, 9.17) is 4.74 Å². The Bertz CT molecular complexity index is 141. The maximum atomic E-state index is 10.9. The van der Waals surface area contributed by atoms with E-state index in [1.807, 2.05) is 13.8 Å². The highest BCUT2D eigenvalue weighted by Crippen LogP contribution is 2.07. The fourth-order valence-electron chi connectivity index (χ4n) is 0.459. The molecule has 0 N–H and O–H groups in total. The molecule has 0 unspecified atom stereocenters. The molecule has 0 fully saturated rings. The molecule has 0 aliphatic carbocycles. The van der Waals surface area contributed by atoms with Gasteiger partial charge < -0.3 is 4.74 Å². The first-order chi connectivity index (χ1) is 4.59. The lowest BCUT2D eigenvalue weighted by atomic mass is 10.1. The minimum absolute atomic E-state index is 0.195. The molecular formula is C7H14O2Si. The predicted octanol–water partition coefficient (Wildman–Crippen LogP) is 0.0647. The molecule has 0 aliphatic rings. The van der Waals surface area contributed by atoms with Crippen LogP contribution in [-0.4, -0.2) is 22.4 Å². The lowest BCUT2D eigenvalue weighted by Gasteiger charge is -2.06. The first kappa shape index (κ1) is 9.43. The van der Waals surface area contributed by atoms with Crippen molar-refractivity contribution in [2.24, 2.45) is 5.92 Å². The van der Waals surface area contributed by atoms with Gasteiger partial charge in [-0.15, -0.1) is 0 Å². The van der Waals surface area contributed by atoms with E-state index in [9.17, 15) is 4.79 Å². The van der Waals surface area contributed by atoms with Crippen LogP contribution >= 0.6 is 0 Å². The Kier molecular flexibility index (Phi) is 4.03. The van der Waals surface area contributed by atoms with Gasteiger partial charge in [0.1, 0.15) is 0 Å². The van der Waals surface area contributed by atoms with Crippen LogP contribution in [0.15, 0.2) is 12.2 Å². The molecule has 0 saturated carbocycles. The van der Waals surface area contributed by atoms with Crippen LogP contribution in [-0.2, 0) is 9.53 Å². The van der Waals surface area contributed by atoms with Crippen LogP contribution in [0.4, 0.5) is 0 Å². The van der Waals surface area contributed by atoms with Crippen molar-refractivity contribution < 1.29 is 9.53 Å². The van der Waals surface area contributed by atoms with Gasteiger partial charge in [0.05, 0.1) is 16.5 Å². The summed E-state index contributed by atoms with van der Waals surface area (Å²) in [5, 5.41) is 0. The molecule has 0 bridgehead atoms. The largest absolute Gasteiger partial charge is 0.467 e. The van der Waals surface area contributed by atoms with Gasteiger partial charge in [-0.25, -0.2) is 4.79 Å². The fraction of sp³-hybridized carbons (Fsp3) is 0.571. The Labute approximate surface area is 64.7 Å². The molecule has 0 radical (unpaired) electrons. The highest BCUT2D eigenvalue weighted by atomic mass is 28.1. The van der Waals surface area contributed by atoms with E-state index in [1.165, 1.54) is 0 Å². The molecule has 0 aromatic rings. The van der Waals surface area contributed by atoms with E-state index in [2.05, 4.69) is 6.58 Å². The maximum Gasteiger partial charge on any atom is 0.333 e. The number of ether oxygens (including phenoxy) is 1. The fourth-order valence-corrected chi connectivity index (χ4v) is 0.722. The van der Waals surface area contributed by atoms with Crippen LogP contribution in [0.2, 0.25) is 0 Å². The molecular weight excluding hydrogens is 144 g/mol. The number of carbonyl (C=O) groups excluding carboxylic acids is 1. The van der Waals surface area contributed by atoms with E-state index >= 15 is 0 Å². The van der Waals surface area contributed by atoms with Gasteiger partial charge in [-0.1, -0.05) is 20.4 Å².